The van der Waals surface area contributed by atoms with Crippen molar-refractivity contribution in [3.63, 3.8) is 0 Å². The minimum atomic E-state index is -0.483. The largest absolute Gasteiger partial charge is 0.490 e. The number of hydrogen-bond acceptors (Lipinski definition) is 5. The molecule has 3 N–H and O–H groups in total. The Balaban J connectivity index is 1.95. The molecule has 0 radical (unpaired) electrons. The van der Waals surface area contributed by atoms with Crippen molar-refractivity contribution >= 4 is 22.9 Å². The van der Waals surface area contributed by atoms with Crippen molar-refractivity contribution in [2.24, 2.45) is 11.1 Å². The first-order chi connectivity index (χ1) is 10.1. The van der Waals surface area contributed by atoms with Crippen molar-refractivity contribution in [1.82, 2.24) is 9.55 Å². The molecule has 0 saturated carbocycles. The quantitative estimate of drug-likeness (QED) is 0.843. The van der Waals surface area contributed by atoms with Crippen molar-refractivity contribution < 1.29 is 14.3 Å². The number of nitrogens with zero attached hydrogens (tertiary/aromatic N) is 2. The van der Waals surface area contributed by atoms with Crippen LogP contribution in [0.3, 0.4) is 0 Å². The molecule has 21 heavy (non-hydrogen) atoms. The molecule has 3 heterocycles. The Morgan fingerprint density at radius 1 is 1.43 bits per heavy atom. The SMILES string of the molecule is CNc1nc2cc(C(N)=O)cc3c2n1CC1(COC1)CO3. The van der Waals surface area contributed by atoms with Crippen LogP contribution >= 0.6 is 0 Å². The summed E-state index contributed by atoms with van der Waals surface area (Å²) in [5.74, 6) is 0.923. The van der Waals surface area contributed by atoms with Crippen LogP contribution in [-0.4, -0.2) is 42.3 Å². The second-order valence-electron chi connectivity index (χ2n) is 5.76. The third kappa shape index (κ3) is 1.70. The number of primary amides is 1. The molecule has 7 heteroatoms. The number of anilines is 1. The van der Waals surface area contributed by atoms with Gasteiger partial charge in [-0.2, -0.15) is 0 Å². The Labute approximate surface area is 121 Å². The molecule has 1 aromatic heterocycles. The molecule has 0 aliphatic carbocycles. The normalized spacial score (nSPS) is 18.9. The molecule has 1 aromatic carbocycles. The van der Waals surface area contributed by atoms with E-state index in [0.717, 1.165) is 18.0 Å². The van der Waals surface area contributed by atoms with Crippen LogP contribution in [0.15, 0.2) is 12.1 Å². The second kappa shape index (κ2) is 4.11. The van der Waals surface area contributed by atoms with Gasteiger partial charge in [0.15, 0.2) is 0 Å². The highest BCUT2D eigenvalue weighted by Gasteiger charge is 2.43. The minimum absolute atomic E-state index is 0.0227. The smallest absolute Gasteiger partial charge is 0.248 e. The van der Waals surface area contributed by atoms with Gasteiger partial charge in [-0.25, -0.2) is 4.98 Å². The van der Waals surface area contributed by atoms with E-state index in [0.29, 0.717) is 36.7 Å². The highest BCUT2D eigenvalue weighted by atomic mass is 16.5. The van der Waals surface area contributed by atoms with Crippen LogP contribution in [-0.2, 0) is 11.3 Å². The molecule has 2 aliphatic rings. The lowest BCUT2D eigenvalue weighted by Gasteiger charge is -2.40. The number of benzene rings is 1. The molecule has 0 bridgehead atoms. The molecule has 0 atom stereocenters. The Morgan fingerprint density at radius 2 is 2.24 bits per heavy atom. The third-order valence-electron chi connectivity index (χ3n) is 4.16. The standard InChI is InChI=1S/C14H16N4O3/c1-16-13-17-9-2-8(12(15)19)3-10-11(9)18(13)4-14(7-21-10)5-20-6-14/h2-3H,4-7H2,1H3,(H2,15,19)(H,16,17). The number of aromatic nitrogens is 2. The van der Waals surface area contributed by atoms with Crippen LogP contribution in [0.1, 0.15) is 10.4 Å². The lowest BCUT2D eigenvalue weighted by Crippen LogP contribution is -2.49. The fourth-order valence-corrected chi connectivity index (χ4v) is 3.00. The summed E-state index contributed by atoms with van der Waals surface area (Å²) < 4.78 is 13.4. The molecular formula is C14H16N4O3. The van der Waals surface area contributed by atoms with Crippen molar-refractivity contribution in [1.29, 1.82) is 0 Å². The number of carbonyl (C=O) groups is 1. The summed E-state index contributed by atoms with van der Waals surface area (Å²) in [6.45, 7) is 2.69. The third-order valence-corrected chi connectivity index (χ3v) is 4.16. The molecule has 1 fully saturated rings. The fourth-order valence-electron chi connectivity index (χ4n) is 3.00. The first-order valence-electron chi connectivity index (χ1n) is 6.84. The number of imidazole rings is 1. The predicted octanol–water partition coefficient (Wildman–Crippen LogP) is 0.586. The molecule has 0 unspecified atom stereocenters. The number of rotatable bonds is 2. The van der Waals surface area contributed by atoms with Gasteiger partial charge < -0.3 is 25.1 Å². The topological polar surface area (TPSA) is 91.4 Å². The van der Waals surface area contributed by atoms with E-state index in [1.165, 1.54) is 0 Å². The van der Waals surface area contributed by atoms with E-state index in [1.54, 1.807) is 12.1 Å². The summed E-state index contributed by atoms with van der Waals surface area (Å²) in [5, 5.41) is 3.10. The summed E-state index contributed by atoms with van der Waals surface area (Å²) in [7, 11) is 1.83. The maximum absolute atomic E-state index is 11.5. The number of amides is 1. The van der Waals surface area contributed by atoms with Gasteiger partial charge in [0.1, 0.15) is 17.9 Å². The van der Waals surface area contributed by atoms with Gasteiger partial charge in [0.05, 0.1) is 24.1 Å². The number of nitrogens with one attached hydrogen (secondary N) is 1. The lowest BCUT2D eigenvalue weighted by atomic mass is 9.87. The van der Waals surface area contributed by atoms with E-state index >= 15 is 0 Å². The maximum atomic E-state index is 11.5. The van der Waals surface area contributed by atoms with Crippen LogP contribution in [0.4, 0.5) is 5.95 Å². The van der Waals surface area contributed by atoms with E-state index < -0.39 is 5.91 Å². The fraction of sp³-hybridized carbons (Fsp3) is 0.429. The zero-order valence-electron chi connectivity index (χ0n) is 11.7. The summed E-state index contributed by atoms with van der Waals surface area (Å²) in [5.41, 5.74) is 7.38. The van der Waals surface area contributed by atoms with Crippen molar-refractivity contribution in [2.45, 2.75) is 6.54 Å². The monoisotopic (exact) mass is 288 g/mol. The van der Waals surface area contributed by atoms with E-state index in [4.69, 9.17) is 15.2 Å². The minimum Gasteiger partial charge on any atom is -0.490 e. The van der Waals surface area contributed by atoms with Gasteiger partial charge in [0.2, 0.25) is 11.9 Å². The van der Waals surface area contributed by atoms with Gasteiger partial charge >= 0.3 is 0 Å². The number of hydrogen-bond donors (Lipinski definition) is 2. The van der Waals surface area contributed by atoms with Gasteiger partial charge in [0, 0.05) is 19.2 Å². The van der Waals surface area contributed by atoms with Gasteiger partial charge in [-0.15, -0.1) is 0 Å². The molecule has 4 rings (SSSR count). The Hall–Kier alpha value is -2.28. The van der Waals surface area contributed by atoms with E-state index in [2.05, 4.69) is 14.9 Å². The van der Waals surface area contributed by atoms with Gasteiger partial charge in [-0.1, -0.05) is 0 Å². The molecule has 1 spiro atoms. The first-order valence-corrected chi connectivity index (χ1v) is 6.84. The molecule has 2 aromatic rings. The molecule has 7 nitrogen and oxygen atoms in total. The molecular weight excluding hydrogens is 272 g/mol. The van der Waals surface area contributed by atoms with Crippen LogP contribution in [0, 0.1) is 5.41 Å². The van der Waals surface area contributed by atoms with Crippen molar-refractivity contribution in [2.75, 3.05) is 32.2 Å². The second-order valence-corrected chi connectivity index (χ2v) is 5.76. The van der Waals surface area contributed by atoms with Crippen LogP contribution in [0.5, 0.6) is 5.75 Å². The summed E-state index contributed by atoms with van der Waals surface area (Å²) in [6, 6.07) is 3.40. The zero-order chi connectivity index (χ0) is 14.6. The van der Waals surface area contributed by atoms with E-state index in [1.807, 2.05) is 7.05 Å². The van der Waals surface area contributed by atoms with E-state index in [-0.39, 0.29) is 5.41 Å². The summed E-state index contributed by atoms with van der Waals surface area (Å²) in [4.78, 5) is 16.0. The van der Waals surface area contributed by atoms with E-state index in [9.17, 15) is 4.79 Å². The van der Waals surface area contributed by atoms with Crippen LogP contribution in [0.2, 0.25) is 0 Å². The molecule has 2 aliphatic heterocycles. The summed E-state index contributed by atoms with van der Waals surface area (Å²) in [6.07, 6.45) is 0. The number of carbonyl (C=O) groups excluding carboxylic acids is 1. The lowest BCUT2D eigenvalue weighted by molar-refractivity contribution is -0.137. The van der Waals surface area contributed by atoms with Gasteiger partial charge in [-0.3, -0.25) is 4.79 Å². The molecule has 1 amide bonds. The van der Waals surface area contributed by atoms with Crippen LogP contribution in [0.25, 0.3) is 11.0 Å². The first kappa shape index (κ1) is 12.5. The van der Waals surface area contributed by atoms with Crippen molar-refractivity contribution in [3.05, 3.63) is 17.7 Å². The number of ether oxygens (including phenoxy) is 2. The highest BCUT2D eigenvalue weighted by molar-refractivity contribution is 5.98. The molecule has 1 saturated heterocycles. The Bertz CT molecular complexity index is 748. The van der Waals surface area contributed by atoms with Crippen molar-refractivity contribution in [3.8, 4) is 5.75 Å². The highest BCUT2D eigenvalue weighted by Crippen LogP contribution is 2.40. The molecule has 110 valence electrons. The number of nitrogens with two attached hydrogens (primary N) is 1. The Kier molecular flexibility index (Phi) is 2.44. The van der Waals surface area contributed by atoms with Crippen LogP contribution < -0.4 is 15.8 Å². The predicted molar refractivity (Wildman–Crippen MR) is 76.5 cm³/mol. The Morgan fingerprint density at radius 3 is 2.86 bits per heavy atom. The maximum Gasteiger partial charge on any atom is 0.248 e. The van der Waals surface area contributed by atoms with Gasteiger partial charge in [0.25, 0.3) is 0 Å². The van der Waals surface area contributed by atoms with Gasteiger partial charge in [-0.05, 0) is 12.1 Å². The zero-order valence-corrected chi connectivity index (χ0v) is 11.7. The average Bonchev–Trinajstić information content (AvgIpc) is 2.67. The average molecular weight is 288 g/mol. The summed E-state index contributed by atoms with van der Waals surface area (Å²) >= 11 is 0.